The van der Waals surface area contributed by atoms with E-state index in [0.29, 0.717) is 16.7 Å². The van der Waals surface area contributed by atoms with Crippen LogP contribution in [0.25, 0.3) is 0 Å². The van der Waals surface area contributed by atoms with Crippen LogP contribution in [0.15, 0.2) is 65.1 Å². The monoisotopic (exact) mass is 350 g/mol. The van der Waals surface area contributed by atoms with Crippen LogP contribution in [0.4, 0.5) is 5.88 Å². The summed E-state index contributed by atoms with van der Waals surface area (Å²) in [6, 6.07) is 19.7. The fourth-order valence-electron chi connectivity index (χ4n) is 3.45. The quantitative estimate of drug-likeness (QED) is 0.764. The van der Waals surface area contributed by atoms with Crippen LogP contribution in [0.2, 0.25) is 0 Å². The molecular formula is C19H14N2O3S. The number of fused-ring (bicyclic) bond motifs is 1. The lowest BCUT2D eigenvalue weighted by atomic mass is 9.98. The minimum absolute atomic E-state index is 0.0377. The Morgan fingerprint density at radius 3 is 1.96 bits per heavy atom. The van der Waals surface area contributed by atoms with Crippen molar-refractivity contribution in [3.8, 4) is 6.07 Å². The molecule has 2 N–H and O–H groups in total. The van der Waals surface area contributed by atoms with Gasteiger partial charge in [0.05, 0.1) is 0 Å². The molecule has 4 rings (SSSR count). The van der Waals surface area contributed by atoms with Gasteiger partial charge in [0, 0.05) is 5.56 Å². The summed E-state index contributed by atoms with van der Waals surface area (Å²) in [5, 5.41) is 7.54. The van der Waals surface area contributed by atoms with Crippen LogP contribution in [-0.2, 0) is 9.84 Å². The number of hydrogen-bond acceptors (Lipinski definition) is 5. The molecule has 25 heavy (non-hydrogen) atoms. The van der Waals surface area contributed by atoms with E-state index in [0.717, 1.165) is 0 Å². The number of nitriles is 1. The van der Waals surface area contributed by atoms with Crippen molar-refractivity contribution in [3.05, 3.63) is 88.7 Å². The first-order chi connectivity index (χ1) is 12.1. The molecule has 0 saturated carbocycles. The van der Waals surface area contributed by atoms with Crippen molar-refractivity contribution >= 4 is 15.7 Å². The zero-order chi connectivity index (χ0) is 17.6. The van der Waals surface area contributed by atoms with Crippen molar-refractivity contribution in [2.24, 2.45) is 0 Å². The molecule has 0 saturated heterocycles. The zero-order valence-electron chi connectivity index (χ0n) is 13.1. The second-order valence-corrected chi connectivity index (χ2v) is 8.02. The summed E-state index contributed by atoms with van der Waals surface area (Å²) in [7, 11) is -3.70. The molecule has 0 spiro atoms. The molecule has 0 fully saturated rings. The second-order valence-electron chi connectivity index (χ2n) is 5.90. The molecule has 0 bridgehead atoms. The number of nitrogen functional groups attached to an aromatic ring is 1. The van der Waals surface area contributed by atoms with Crippen molar-refractivity contribution in [2.75, 3.05) is 5.73 Å². The summed E-state index contributed by atoms with van der Waals surface area (Å²) in [6.45, 7) is 0. The van der Waals surface area contributed by atoms with Gasteiger partial charge in [-0.05, 0) is 11.1 Å². The number of anilines is 1. The molecule has 1 aliphatic rings. The van der Waals surface area contributed by atoms with E-state index in [1.54, 1.807) is 48.5 Å². The highest BCUT2D eigenvalue weighted by Crippen LogP contribution is 2.54. The van der Waals surface area contributed by atoms with Crippen LogP contribution >= 0.6 is 0 Å². The Labute approximate surface area is 145 Å². The molecule has 0 aliphatic carbocycles. The lowest BCUT2D eigenvalue weighted by Crippen LogP contribution is -2.15. The van der Waals surface area contributed by atoms with E-state index in [1.165, 1.54) is 0 Å². The smallest absolute Gasteiger partial charge is 0.208 e. The number of hydrogen-bond donors (Lipinski definition) is 1. The molecule has 2 aromatic carbocycles. The molecule has 2 heterocycles. The Kier molecular flexibility index (Phi) is 3.41. The summed E-state index contributed by atoms with van der Waals surface area (Å²) in [5.41, 5.74) is 7.51. The summed E-state index contributed by atoms with van der Waals surface area (Å²) in [4.78, 5) is 0. The van der Waals surface area contributed by atoms with Crippen molar-refractivity contribution in [1.82, 2.24) is 0 Å². The number of nitrogens with zero attached hydrogens (tertiary/aromatic N) is 1. The molecule has 124 valence electrons. The van der Waals surface area contributed by atoms with E-state index in [-0.39, 0.29) is 17.2 Å². The standard InChI is InChI=1S/C19H14N2O3S/c20-11-14-15-16(24-19(14)21)18(13-9-5-2-6-10-13)25(22,23)17(15)12-7-3-1-4-8-12/h1-10,17-18H,21H2/t17-,18-/m1/s1. The highest BCUT2D eigenvalue weighted by atomic mass is 32.2. The fraction of sp³-hybridized carbons (Fsp3) is 0.105. The van der Waals surface area contributed by atoms with Gasteiger partial charge in [-0.25, -0.2) is 8.42 Å². The Morgan fingerprint density at radius 2 is 1.44 bits per heavy atom. The summed E-state index contributed by atoms with van der Waals surface area (Å²) >= 11 is 0. The van der Waals surface area contributed by atoms with E-state index >= 15 is 0 Å². The molecule has 0 unspecified atom stereocenters. The number of rotatable bonds is 2. The van der Waals surface area contributed by atoms with Gasteiger partial charge in [-0.3, -0.25) is 0 Å². The van der Waals surface area contributed by atoms with Gasteiger partial charge >= 0.3 is 0 Å². The van der Waals surface area contributed by atoms with Crippen molar-refractivity contribution in [2.45, 2.75) is 10.5 Å². The van der Waals surface area contributed by atoms with Crippen molar-refractivity contribution in [3.63, 3.8) is 0 Å². The maximum absolute atomic E-state index is 13.4. The average Bonchev–Trinajstić information content (AvgIpc) is 3.03. The third-order valence-electron chi connectivity index (χ3n) is 4.47. The lowest BCUT2D eigenvalue weighted by Gasteiger charge is -2.15. The third-order valence-corrected chi connectivity index (χ3v) is 6.78. The average molecular weight is 350 g/mol. The maximum atomic E-state index is 13.4. The van der Waals surface area contributed by atoms with Crippen LogP contribution in [0.3, 0.4) is 0 Å². The SMILES string of the molecule is N#Cc1c(N)oc2c1[C@@H](c1ccccc1)S(=O)(=O)[C@@H]2c1ccccc1. The first kappa shape index (κ1) is 15.5. The molecule has 2 atom stereocenters. The summed E-state index contributed by atoms with van der Waals surface area (Å²) in [6.07, 6.45) is 0. The Hall–Kier alpha value is -3.04. The predicted octanol–water partition coefficient (Wildman–Crippen LogP) is 3.34. The maximum Gasteiger partial charge on any atom is 0.208 e. The molecule has 0 amide bonds. The molecule has 0 radical (unpaired) electrons. The Balaban J connectivity index is 2.04. The lowest BCUT2D eigenvalue weighted by molar-refractivity contribution is 0.526. The minimum Gasteiger partial charge on any atom is -0.442 e. The number of benzene rings is 2. The van der Waals surface area contributed by atoms with E-state index < -0.39 is 20.3 Å². The zero-order valence-corrected chi connectivity index (χ0v) is 13.9. The fourth-order valence-corrected chi connectivity index (χ4v) is 5.83. The molecule has 5 nitrogen and oxygen atoms in total. The van der Waals surface area contributed by atoms with Crippen LogP contribution in [0, 0.1) is 11.3 Å². The van der Waals surface area contributed by atoms with Gasteiger partial charge in [0.15, 0.2) is 9.84 Å². The Morgan fingerprint density at radius 1 is 0.920 bits per heavy atom. The van der Waals surface area contributed by atoms with Gasteiger partial charge in [-0.15, -0.1) is 0 Å². The number of furan rings is 1. The van der Waals surface area contributed by atoms with Crippen molar-refractivity contribution < 1.29 is 12.8 Å². The first-order valence-electron chi connectivity index (χ1n) is 7.70. The molecule has 6 heteroatoms. The van der Waals surface area contributed by atoms with E-state index in [4.69, 9.17) is 10.2 Å². The van der Waals surface area contributed by atoms with Gasteiger partial charge in [0.25, 0.3) is 0 Å². The van der Waals surface area contributed by atoms with Gasteiger partial charge in [0.2, 0.25) is 5.88 Å². The normalized spacial score (nSPS) is 20.8. The number of sulfone groups is 1. The second kappa shape index (κ2) is 5.50. The van der Waals surface area contributed by atoms with E-state index in [2.05, 4.69) is 0 Å². The summed E-state index contributed by atoms with van der Waals surface area (Å²) in [5.74, 6) is 0.207. The highest BCUT2D eigenvalue weighted by Gasteiger charge is 2.51. The molecule has 3 aromatic rings. The van der Waals surface area contributed by atoms with Crippen LogP contribution in [0.1, 0.15) is 38.5 Å². The topological polar surface area (TPSA) is 97.1 Å². The van der Waals surface area contributed by atoms with Gasteiger partial charge in [-0.1, -0.05) is 60.7 Å². The van der Waals surface area contributed by atoms with Gasteiger partial charge in [0.1, 0.15) is 27.9 Å². The number of nitrogens with two attached hydrogens (primary N) is 1. The van der Waals surface area contributed by atoms with Crippen LogP contribution in [-0.4, -0.2) is 8.42 Å². The van der Waals surface area contributed by atoms with Crippen molar-refractivity contribution in [1.29, 1.82) is 5.26 Å². The first-order valence-corrected chi connectivity index (χ1v) is 9.31. The van der Waals surface area contributed by atoms with Crippen LogP contribution in [0.5, 0.6) is 0 Å². The Bertz CT molecular complexity index is 1080. The van der Waals surface area contributed by atoms with Gasteiger partial charge < -0.3 is 10.2 Å². The summed E-state index contributed by atoms with van der Waals surface area (Å²) < 4.78 is 32.3. The largest absolute Gasteiger partial charge is 0.442 e. The van der Waals surface area contributed by atoms with E-state index in [1.807, 2.05) is 18.2 Å². The molecular weight excluding hydrogens is 336 g/mol. The van der Waals surface area contributed by atoms with E-state index in [9.17, 15) is 13.7 Å². The predicted molar refractivity (Wildman–Crippen MR) is 93.3 cm³/mol. The minimum atomic E-state index is -3.70. The molecule has 1 aromatic heterocycles. The van der Waals surface area contributed by atoms with Gasteiger partial charge in [-0.2, -0.15) is 5.26 Å². The highest BCUT2D eigenvalue weighted by molar-refractivity contribution is 7.92. The molecule has 1 aliphatic heterocycles. The van der Waals surface area contributed by atoms with Crippen LogP contribution < -0.4 is 5.73 Å². The third kappa shape index (κ3) is 2.17.